The van der Waals surface area contributed by atoms with Crippen molar-refractivity contribution in [2.24, 2.45) is 23.2 Å². The summed E-state index contributed by atoms with van der Waals surface area (Å²) in [4.78, 5) is 0. The van der Waals surface area contributed by atoms with Crippen LogP contribution in [0.2, 0.25) is 0 Å². The Morgan fingerprint density at radius 1 is 1.14 bits per heavy atom. The number of aliphatic hydroxyl groups is 1. The van der Waals surface area contributed by atoms with Gasteiger partial charge in [0.1, 0.15) is 11.9 Å². The normalized spacial score (nSPS) is 40.6. The molecule has 0 heterocycles. The molecule has 2 aromatic carbocycles. The molecule has 0 bridgehead atoms. The van der Waals surface area contributed by atoms with Gasteiger partial charge in [0.05, 0.1) is 6.10 Å². The SMILES string of the molecule is C[C@@]12C[C@@H](O)[C@H](C=S)[C@H]1[C@H]1[C@@H](c3ccc(O)cc3C[C@H]1c1ccccc1)[C@@H](F)C2. The van der Waals surface area contributed by atoms with E-state index in [-0.39, 0.29) is 40.8 Å². The lowest BCUT2D eigenvalue weighted by molar-refractivity contribution is -0.0155. The Morgan fingerprint density at radius 2 is 1.90 bits per heavy atom. The van der Waals surface area contributed by atoms with Crippen molar-refractivity contribution in [3.05, 3.63) is 65.2 Å². The first-order chi connectivity index (χ1) is 13.9. The Balaban J connectivity index is 1.71. The summed E-state index contributed by atoms with van der Waals surface area (Å²) in [5.74, 6) is 0.285. The highest BCUT2D eigenvalue weighted by molar-refractivity contribution is 7.79. The number of halogens is 1. The van der Waals surface area contributed by atoms with Gasteiger partial charge in [0, 0.05) is 11.8 Å². The molecule has 0 radical (unpaired) electrons. The molecule has 2 N–H and O–H groups in total. The molecule has 2 saturated carbocycles. The summed E-state index contributed by atoms with van der Waals surface area (Å²) < 4.78 is 15.8. The van der Waals surface area contributed by atoms with Crippen molar-refractivity contribution in [2.75, 3.05) is 0 Å². The number of rotatable bonds is 2. The van der Waals surface area contributed by atoms with Gasteiger partial charge >= 0.3 is 0 Å². The van der Waals surface area contributed by atoms with Crippen LogP contribution in [0.25, 0.3) is 0 Å². The Kier molecular flexibility index (Phi) is 4.56. The highest BCUT2D eigenvalue weighted by Gasteiger charge is 2.62. The predicted octanol–water partition coefficient (Wildman–Crippen LogP) is 5.18. The van der Waals surface area contributed by atoms with Gasteiger partial charge in [0.15, 0.2) is 0 Å². The molecule has 0 saturated heterocycles. The zero-order chi connectivity index (χ0) is 20.3. The molecule has 29 heavy (non-hydrogen) atoms. The highest BCUT2D eigenvalue weighted by Crippen LogP contribution is 2.65. The topological polar surface area (TPSA) is 40.5 Å². The Bertz CT molecular complexity index is 932. The van der Waals surface area contributed by atoms with Crippen molar-refractivity contribution >= 4 is 17.6 Å². The fourth-order valence-corrected chi connectivity index (χ4v) is 7.37. The molecule has 3 aliphatic carbocycles. The van der Waals surface area contributed by atoms with E-state index in [1.165, 1.54) is 5.56 Å². The lowest BCUT2D eigenvalue weighted by atomic mass is 9.50. The van der Waals surface area contributed by atoms with Gasteiger partial charge in [-0.1, -0.05) is 55.5 Å². The van der Waals surface area contributed by atoms with E-state index >= 15 is 4.39 Å². The Morgan fingerprint density at radius 3 is 2.62 bits per heavy atom. The van der Waals surface area contributed by atoms with E-state index in [9.17, 15) is 10.2 Å². The van der Waals surface area contributed by atoms with Crippen molar-refractivity contribution in [1.82, 2.24) is 0 Å². The zero-order valence-electron chi connectivity index (χ0n) is 16.5. The van der Waals surface area contributed by atoms with E-state index in [2.05, 4.69) is 19.1 Å². The quantitative estimate of drug-likeness (QED) is 0.671. The highest BCUT2D eigenvalue weighted by atomic mass is 32.1. The zero-order valence-corrected chi connectivity index (χ0v) is 17.4. The fraction of sp³-hybridized carbons (Fsp3) is 0.480. The Hall–Kier alpha value is -1.78. The second kappa shape index (κ2) is 6.88. The maximum atomic E-state index is 15.8. The van der Waals surface area contributed by atoms with Crippen molar-refractivity contribution in [1.29, 1.82) is 0 Å². The van der Waals surface area contributed by atoms with Gasteiger partial charge in [-0.15, -0.1) is 0 Å². The van der Waals surface area contributed by atoms with E-state index in [4.69, 9.17) is 12.2 Å². The summed E-state index contributed by atoms with van der Waals surface area (Å²) in [6.07, 6.45) is 0.382. The fourth-order valence-electron chi connectivity index (χ4n) is 7.02. The average Bonchev–Trinajstić information content (AvgIpc) is 2.96. The maximum Gasteiger partial charge on any atom is 0.115 e. The van der Waals surface area contributed by atoms with E-state index in [0.29, 0.717) is 12.8 Å². The van der Waals surface area contributed by atoms with Gasteiger partial charge in [-0.3, -0.25) is 0 Å². The summed E-state index contributed by atoms with van der Waals surface area (Å²) in [7, 11) is 0. The summed E-state index contributed by atoms with van der Waals surface area (Å²) in [5, 5.41) is 22.6. The molecule has 8 atom stereocenters. The van der Waals surface area contributed by atoms with Crippen molar-refractivity contribution < 1.29 is 14.6 Å². The van der Waals surface area contributed by atoms with Crippen molar-refractivity contribution in [2.45, 2.75) is 50.3 Å². The van der Waals surface area contributed by atoms with E-state index < -0.39 is 12.3 Å². The average molecular weight is 411 g/mol. The number of hydrogen-bond acceptors (Lipinski definition) is 3. The number of benzene rings is 2. The first-order valence-electron chi connectivity index (χ1n) is 10.6. The van der Waals surface area contributed by atoms with Gasteiger partial charge in [0.2, 0.25) is 0 Å². The molecule has 2 aromatic rings. The van der Waals surface area contributed by atoms with Crippen LogP contribution in [0.1, 0.15) is 48.3 Å². The summed E-state index contributed by atoms with van der Waals surface area (Å²) >= 11 is 5.37. The molecule has 5 rings (SSSR count). The van der Waals surface area contributed by atoms with Gasteiger partial charge in [-0.2, -0.15) is 0 Å². The molecule has 0 unspecified atom stereocenters. The maximum absolute atomic E-state index is 15.8. The smallest absolute Gasteiger partial charge is 0.115 e. The third kappa shape index (κ3) is 2.87. The third-order valence-corrected chi connectivity index (χ3v) is 8.31. The predicted molar refractivity (Wildman–Crippen MR) is 116 cm³/mol. The molecule has 2 fully saturated rings. The van der Waals surface area contributed by atoms with Crippen molar-refractivity contribution in [3.63, 3.8) is 0 Å². The molecular weight excluding hydrogens is 383 g/mol. The second-order valence-electron chi connectivity index (χ2n) is 9.59. The molecule has 2 nitrogen and oxygen atoms in total. The number of thiocarbonyl (C=S) groups is 1. The minimum atomic E-state index is -0.966. The van der Waals surface area contributed by atoms with Crippen LogP contribution in [0.5, 0.6) is 5.75 Å². The van der Waals surface area contributed by atoms with E-state index in [1.807, 2.05) is 30.3 Å². The van der Waals surface area contributed by atoms with Crippen molar-refractivity contribution in [3.8, 4) is 5.75 Å². The number of alkyl halides is 1. The summed E-state index contributed by atoms with van der Waals surface area (Å²) in [6.45, 7) is 2.15. The lowest BCUT2D eigenvalue weighted by Crippen LogP contribution is -2.50. The Labute approximate surface area is 176 Å². The summed E-state index contributed by atoms with van der Waals surface area (Å²) in [6, 6.07) is 15.7. The largest absolute Gasteiger partial charge is 0.508 e. The summed E-state index contributed by atoms with van der Waals surface area (Å²) in [5.41, 5.74) is 3.03. The second-order valence-corrected chi connectivity index (χ2v) is 9.86. The number of hydrogen-bond donors (Lipinski definition) is 2. The van der Waals surface area contributed by atoms with E-state index in [1.54, 1.807) is 11.4 Å². The van der Waals surface area contributed by atoms with Crippen LogP contribution in [-0.2, 0) is 6.42 Å². The standard InChI is InChI=1S/C25H27FO2S/c1-25-11-20(26)22-17-8-7-16(27)9-15(17)10-18(14-5-3-2-4-6-14)23(22)24(25)19(13-29)21(28)12-25/h2-9,13,18-24,27-28H,10-12H2,1H3/t18-,19-,20-,21+,22-,23+,24-,25+/m0/s1. The van der Waals surface area contributed by atoms with Crippen LogP contribution in [0.4, 0.5) is 4.39 Å². The third-order valence-electron chi connectivity index (χ3n) is 7.99. The van der Waals surface area contributed by atoms with E-state index in [0.717, 1.165) is 17.5 Å². The lowest BCUT2D eigenvalue weighted by Gasteiger charge is -2.54. The molecule has 152 valence electrons. The van der Waals surface area contributed by atoms with Crippen LogP contribution in [0.15, 0.2) is 48.5 Å². The van der Waals surface area contributed by atoms with Gasteiger partial charge in [-0.25, -0.2) is 4.39 Å². The first kappa shape index (κ1) is 19.2. The van der Waals surface area contributed by atoms with Crippen LogP contribution in [0.3, 0.4) is 0 Å². The van der Waals surface area contributed by atoms with Crippen LogP contribution < -0.4 is 0 Å². The van der Waals surface area contributed by atoms with Crippen LogP contribution >= 0.6 is 12.2 Å². The molecule has 4 heteroatoms. The monoisotopic (exact) mass is 410 g/mol. The van der Waals surface area contributed by atoms with Gasteiger partial charge in [0.25, 0.3) is 0 Å². The molecule has 0 amide bonds. The van der Waals surface area contributed by atoms with Crippen LogP contribution in [-0.4, -0.2) is 27.9 Å². The molecular formula is C25H27FO2S. The first-order valence-corrected chi connectivity index (χ1v) is 11.0. The molecule has 0 aliphatic heterocycles. The number of aliphatic hydroxyl groups excluding tert-OH is 1. The van der Waals surface area contributed by atoms with Gasteiger partial charge < -0.3 is 10.2 Å². The molecule has 3 aliphatic rings. The van der Waals surface area contributed by atoms with Gasteiger partial charge in [-0.05, 0) is 76.6 Å². The van der Waals surface area contributed by atoms with Crippen LogP contribution in [0, 0.1) is 23.2 Å². The molecule has 0 aromatic heterocycles. The minimum Gasteiger partial charge on any atom is -0.508 e. The number of phenolic OH excluding ortho intramolecular Hbond substituents is 1. The number of phenols is 1. The number of fused-ring (bicyclic) bond motifs is 5. The number of aromatic hydroxyl groups is 1. The minimum absolute atomic E-state index is 0.0737. The molecule has 0 spiro atoms.